The van der Waals surface area contributed by atoms with Crippen LogP contribution in [0.4, 0.5) is 17.6 Å². The molecule has 0 amide bonds. The third kappa shape index (κ3) is 2.93. The molecule has 0 unspecified atom stereocenters. The van der Waals surface area contributed by atoms with E-state index in [1.807, 2.05) is 0 Å². The second-order valence-electron chi connectivity index (χ2n) is 2.22. The topological polar surface area (TPSA) is 0 Å². The van der Waals surface area contributed by atoms with Crippen molar-refractivity contribution in [3.63, 3.8) is 0 Å². The SMILES string of the molecule is Fc1ccc(Cl)c(Cl)c1SC(F)(F)F. The second kappa shape index (κ2) is 4.16. The Bertz CT molecular complexity index is 350. The van der Waals surface area contributed by atoms with Gasteiger partial charge in [-0.25, -0.2) is 4.39 Å². The van der Waals surface area contributed by atoms with Crippen molar-refractivity contribution in [2.75, 3.05) is 0 Å². The van der Waals surface area contributed by atoms with Crippen LogP contribution in [0.5, 0.6) is 0 Å². The summed E-state index contributed by atoms with van der Waals surface area (Å²) in [7, 11) is 0. The molecule has 0 spiro atoms. The Morgan fingerprint density at radius 3 is 2.21 bits per heavy atom. The first-order valence-corrected chi connectivity index (χ1v) is 4.78. The first kappa shape index (κ1) is 11.9. The van der Waals surface area contributed by atoms with E-state index < -0.39 is 33.0 Å². The molecule has 0 saturated carbocycles. The lowest BCUT2D eigenvalue weighted by molar-refractivity contribution is -0.0329. The molecule has 0 N–H and O–H groups in total. The third-order valence-corrected chi connectivity index (χ3v) is 2.97. The highest BCUT2D eigenvalue weighted by Gasteiger charge is 2.32. The van der Waals surface area contributed by atoms with Gasteiger partial charge in [0.2, 0.25) is 0 Å². The van der Waals surface area contributed by atoms with Crippen LogP contribution in [0.3, 0.4) is 0 Å². The van der Waals surface area contributed by atoms with Crippen LogP contribution in [-0.4, -0.2) is 5.51 Å². The maximum absolute atomic E-state index is 12.9. The van der Waals surface area contributed by atoms with E-state index in [9.17, 15) is 17.6 Å². The third-order valence-electron chi connectivity index (χ3n) is 1.22. The standard InChI is InChI=1S/C7H2Cl2F4S/c8-3-1-2-4(10)6(5(3)9)14-7(11,12)13/h1-2H. The van der Waals surface area contributed by atoms with E-state index in [-0.39, 0.29) is 5.02 Å². The molecule has 0 aliphatic rings. The lowest BCUT2D eigenvalue weighted by Gasteiger charge is -2.08. The lowest BCUT2D eigenvalue weighted by Crippen LogP contribution is -2.01. The van der Waals surface area contributed by atoms with Crippen molar-refractivity contribution in [3.05, 3.63) is 28.0 Å². The van der Waals surface area contributed by atoms with Gasteiger partial charge in [0.05, 0.1) is 14.9 Å². The Balaban J connectivity index is 3.13. The normalized spacial score (nSPS) is 11.9. The first-order chi connectivity index (χ1) is 6.31. The fourth-order valence-electron chi connectivity index (χ4n) is 0.718. The molecule has 0 aliphatic heterocycles. The highest BCUT2D eigenvalue weighted by Crippen LogP contribution is 2.43. The summed E-state index contributed by atoms with van der Waals surface area (Å²) in [5.41, 5.74) is -4.59. The van der Waals surface area contributed by atoms with E-state index in [2.05, 4.69) is 0 Å². The number of halogens is 6. The molecular formula is C7H2Cl2F4S. The molecule has 7 heteroatoms. The van der Waals surface area contributed by atoms with Gasteiger partial charge in [-0.3, -0.25) is 0 Å². The molecule has 78 valence electrons. The van der Waals surface area contributed by atoms with Crippen molar-refractivity contribution in [2.45, 2.75) is 10.4 Å². The van der Waals surface area contributed by atoms with Crippen LogP contribution >= 0.6 is 35.0 Å². The number of thioether (sulfide) groups is 1. The number of alkyl halides is 3. The maximum atomic E-state index is 12.9. The molecule has 0 fully saturated rings. The van der Waals surface area contributed by atoms with Crippen LogP contribution in [0.1, 0.15) is 0 Å². The minimum Gasteiger partial charge on any atom is -0.206 e. The molecule has 0 bridgehead atoms. The highest BCUT2D eigenvalue weighted by molar-refractivity contribution is 8.00. The molecule has 1 rings (SSSR count). The summed E-state index contributed by atoms with van der Waals surface area (Å²) < 4.78 is 48.7. The van der Waals surface area contributed by atoms with Crippen LogP contribution in [0.2, 0.25) is 10.0 Å². The summed E-state index contributed by atoms with van der Waals surface area (Å²) in [6.45, 7) is 0. The van der Waals surface area contributed by atoms with Crippen LogP contribution in [-0.2, 0) is 0 Å². The fourth-order valence-corrected chi connectivity index (χ4v) is 1.80. The van der Waals surface area contributed by atoms with Crippen LogP contribution in [0, 0.1) is 5.82 Å². The number of rotatable bonds is 1. The van der Waals surface area contributed by atoms with E-state index in [1.54, 1.807) is 0 Å². The molecule has 0 aliphatic carbocycles. The highest BCUT2D eigenvalue weighted by atomic mass is 35.5. The summed E-state index contributed by atoms with van der Waals surface area (Å²) in [6.07, 6.45) is 0. The smallest absolute Gasteiger partial charge is 0.206 e. The van der Waals surface area contributed by atoms with Crippen molar-refractivity contribution in [1.29, 1.82) is 0 Å². The van der Waals surface area contributed by atoms with Crippen LogP contribution in [0.15, 0.2) is 17.0 Å². The van der Waals surface area contributed by atoms with Gasteiger partial charge in [-0.1, -0.05) is 23.2 Å². The average molecular weight is 265 g/mol. The molecule has 0 atom stereocenters. The number of hydrogen-bond donors (Lipinski definition) is 0. The summed E-state index contributed by atoms with van der Waals surface area (Å²) in [5, 5.41) is -0.534. The molecule has 0 nitrogen and oxygen atoms in total. The predicted octanol–water partition coefficient (Wildman–Crippen LogP) is 4.74. The number of hydrogen-bond acceptors (Lipinski definition) is 1. The molecule has 0 heterocycles. The van der Waals surface area contributed by atoms with E-state index in [0.717, 1.165) is 12.1 Å². The van der Waals surface area contributed by atoms with Gasteiger partial charge in [0, 0.05) is 0 Å². The Morgan fingerprint density at radius 1 is 1.14 bits per heavy atom. The van der Waals surface area contributed by atoms with Crippen molar-refractivity contribution >= 4 is 35.0 Å². The summed E-state index contributed by atoms with van der Waals surface area (Å²) in [5.74, 6) is -1.04. The lowest BCUT2D eigenvalue weighted by atomic mass is 10.3. The summed E-state index contributed by atoms with van der Waals surface area (Å²) in [6, 6.07) is 1.93. The van der Waals surface area contributed by atoms with Gasteiger partial charge in [0.25, 0.3) is 0 Å². The zero-order valence-electron chi connectivity index (χ0n) is 6.33. The molecule has 1 aromatic carbocycles. The van der Waals surface area contributed by atoms with Gasteiger partial charge in [0.1, 0.15) is 5.82 Å². The van der Waals surface area contributed by atoms with E-state index in [0.29, 0.717) is 0 Å². The zero-order valence-corrected chi connectivity index (χ0v) is 8.66. The van der Waals surface area contributed by atoms with E-state index >= 15 is 0 Å². The maximum Gasteiger partial charge on any atom is 0.446 e. The molecule has 14 heavy (non-hydrogen) atoms. The van der Waals surface area contributed by atoms with Gasteiger partial charge in [-0.15, -0.1) is 0 Å². The Kier molecular flexibility index (Phi) is 3.55. The Hall–Kier alpha value is -0.130. The van der Waals surface area contributed by atoms with Crippen molar-refractivity contribution < 1.29 is 17.6 Å². The molecule has 1 aromatic rings. The fraction of sp³-hybridized carbons (Fsp3) is 0.143. The molecule has 0 saturated heterocycles. The van der Waals surface area contributed by atoms with Crippen LogP contribution in [0.25, 0.3) is 0 Å². The number of benzene rings is 1. The van der Waals surface area contributed by atoms with Gasteiger partial charge < -0.3 is 0 Å². The molecular weight excluding hydrogens is 263 g/mol. The quantitative estimate of drug-likeness (QED) is 0.401. The Morgan fingerprint density at radius 2 is 1.71 bits per heavy atom. The average Bonchev–Trinajstić information content (AvgIpc) is 2.04. The van der Waals surface area contributed by atoms with Gasteiger partial charge >= 0.3 is 5.51 Å². The first-order valence-electron chi connectivity index (χ1n) is 3.20. The monoisotopic (exact) mass is 264 g/mol. The van der Waals surface area contributed by atoms with Crippen molar-refractivity contribution in [1.82, 2.24) is 0 Å². The molecule has 0 radical (unpaired) electrons. The van der Waals surface area contributed by atoms with E-state index in [1.165, 1.54) is 0 Å². The van der Waals surface area contributed by atoms with Crippen molar-refractivity contribution in [2.24, 2.45) is 0 Å². The van der Waals surface area contributed by atoms with E-state index in [4.69, 9.17) is 23.2 Å². The van der Waals surface area contributed by atoms with Crippen LogP contribution < -0.4 is 0 Å². The zero-order chi connectivity index (χ0) is 10.9. The summed E-state index contributed by atoms with van der Waals surface area (Å²) in [4.78, 5) is -0.702. The minimum atomic E-state index is -4.59. The second-order valence-corrected chi connectivity index (χ2v) is 4.08. The predicted molar refractivity (Wildman–Crippen MR) is 48.3 cm³/mol. The Labute approximate surface area is 91.2 Å². The van der Waals surface area contributed by atoms with Crippen molar-refractivity contribution in [3.8, 4) is 0 Å². The van der Waals surface area contributed by atoms with Gasteiger partial charge in [-0.2, -0.15) is 13.2 Å². The summed E-state index contributed by atoms with van der Waals surface area (Å²) >= 11 is 10.2. The molecule has 0 aromatic heterocycles. The minimum absolute atomic E-state index is 0.111. The van der Waals surface area contributed by atoms with Gasteiger partial charge in [0.15, 0.2) is 0 Å². The largest absolute Gasteiger partial charge is 0.446 e. The van der Waals surface area contributed by atoms with Gasteiger partial charge in [-0.05, 0) is 23.9 Å².